The standard InChI is InChI=1S/C11H14Cl2N2O5S/c1-7(3-2-6-16)14-21(19,20)9-5-4-8(12)11(10(9)13)15(17)18/h4-5,7,14,16H,2-3,6H2,1H3. The summed E-state index contributed by atoms with van der Waals surface area (Å²) >= 11 is 11.4. The lowest BCUT2D eigenvalue weighted by Crippen LogP contribution is -2.33. The third kappa shape index (κ3) is 4.52. The van der Waals surface area contributed by atoms with E-state index in [0.717, 1.165) is 12.1 Å². The second-order valence-corrected chi connectivity index (χ2v) is 6.82. The van der Waals surface area contributed by atoms with Gasteiger partial charge in [-0.3, -0.25) is 10.1 Å². The molecule has 0 amide bonds. The van der Waals surface area contributed by atoms with Crippen molar-refractivity contribution in [2.24, 2.45) is 0 Å². The molecule has 0 aliphatic heterocycles. The van der Waals surface area contributed by atoms with Crippen LogP contribution in [0, 0.1) is 10.1 Å². The molecular weight excluding hydrogens is 343 g/mol. The van der Waals surface area contributed by atoms with Crippen molar-refractivity contribution in [3.05, 3.63) is 32.3 Å². The molecule has 118 valence electrons. The number of nitrogens with one attached hydrogen (secondary N) is 1. The number of aliphatic hydroxyl groups is 1. The zero-order valence-electron chi connectivity index (χ0n) is 11.0. The van der Waals surface area contributed by atoms with E-state index in [9.17, 15) is 18.5 Å². The van der Waals surface area contributed by atoms with Gasteiger partial charge in [0.15, 0.2) is 0 Å². The fraction of sp³-hybridized carbons (Fsp3) is 0.455. The van der Waals surface area contributed by atoms with Crippen LogP contribution in [0.2, 0.25) is 10.0 Å². The van der Waals surface area contributed by atoms with Crippen molar-refractivity contribution >= 4 is 38.9 Å². The Morgan fingerprint density at radius 3 is 2.57 bits per heavy atom. The number of sulfonamides is 1. The Morgan fingerprint density at radius 1 is 1.43 bits per heavy atom. The van der Waals surface area contributed by atoms with Gasteiger partial charge < -0.3 is 5.11 Å². The topological polar surface area (TPSA) is 110 Å². The van der Waals surface area contributed by atoms with Crippen molar-refractivity contribution in [2.75, 3.05) is 6.61 Å². The van der Waals surface area contributed by atoms with Crippen LogP contribution in [-0.2, 0) is 10.0 Å². The minimum Gasteiger partial charge on any atom is -0.396 e. The molecule has 21 heavy (non-hydrogen) atoms. The average Bonchev–Trinajstić information content (AvgIpc) is 2.34. The first-order chi connectivity index (χ1) is 9.70. The van der Waals surface area contributed by atoms with Crippen molar-refractivity contribution in [3.8, 4) is 0 Å². The van der Waals surface area contributed by atoms with Crippen molar-refractivity contribution < 1.29 is 18.4 Å². The van der Waals surface area contributed by atoms with Gasteiger partial charge in [0.25, 0.3) is 0 Å². The van der Waals surface area contributed by atoms with Gasteiger partial charge in [0.05, 0.1) is 4.92 Å². The second-order valence-electron chi connectivity index (χ2n) is 4.35. The van der Waals surface area contributed by atoms with E-state index in [1.54, 1.807) is 6.92 Å². The van der Waals surface area contributed by atoms with E-state index in [2.05, 4.69) is 4.72 Å². The number of benzene rings is 1. The average molecular weight is 357 g/mol. The molecule has 0 aliphatic carbocycles. The number of hydrogen-bond donors (Lipinski definition) is 2. The highest BCUT2D eigenvalue weighted by Gasteiger charge is 2.28. The van der Waals surface area contributed by atoms with Crippen LogP contribution in [0.1, 0.15) is 19.8 Å². The van der Waals surface area contributed by atoms with E-state index in [1.165, 1.54) is 0 Å². The van der Waals surface area contributed by atoms with E-state index in [-0.39, 0.29) is 11.6 Å². The number of halogens is 2. The Balaban J connectivity index is 3.15. The third-order valence-electron chi connectivity index (χ3n) is 2.66. The zero-order chi connectivity index (χ0) is 16.2. The van der Waals surface area contributed by atoms with Gasteiger partial charge >= 0.3 is 5.69 Å². The molecule has 1 rings (SSSR count). The molecule has 0 fully saturated rings. The van der Waals surface area contributed by atoms with Crippen molar-refractivity contribution in [3.63, 3.8) is 0 Å². The van der Waals surface area contributed by atoms with E-state index >= 15 is 0 Å². The Hall–Kier alpha value is -0.930. The molecule has 0 radical (unpaired) electrons. The highest BCUT2D eigenvalue weighted by Crippen LogP contribution is 2.37. The third-order valence-corrected chi connectivity index (χ3v) is 5.09. The fourth-order valence-electron chi connectivity index (χ4n) is 1.68. The number of nitro groups is 1. The molecule has 1 aromatic rings. The summed E-state index contributed by atoms with van der Waals surface area (Å²) in [5.41, 5.74) is -0.649. The maximum absolute atomic E-state index is 12.2. The molecule has 0 bridgehead atoms. The van der Waals surface area contributed by atoms with Gasteiger partial charge in [0.1, 0.15) is 14.9 Å². The quantitative estimate of drug-likeness (QED) is 0.575. The Kier molecular flexibility index (Phi) is 6.36. The van der Waals surface area contributed by atoms with Crippen molar-refractivity contribution in [1.82, 2.24) is 4.72 Å². The maximum atomic E-state index is 12.2. The van der Waals surface area contributed by atoms with E-state index in [0.29, 0.717) is 12.8 Å². The molecule has 0 saturated carbocycles. The van der Waals surface area contributed by atoms with Crippen LogP contribution in [-0.4, -0.2) is 31.1 Å². The second kappa shape index (κ2) is 7.37. The molecule has 0 spiro atoms. The van der Waals surface area contributed by atoms with Gasteiger partial charge in [0.2, 0.25) is 10.0 Å². The summed E-state index contributed by atoms with van der Waals surface area (Å²) in [4.78, 5) is 9.64. The molecular formula is C11H14Cl2N2O5S. The SMILES string of the molecule is CC(CCCO)NS(=O)(=O)c1ccc(Cl)c([N+](=O)[O-])c1Cl. The molecule has 10 heteroatoms. The van der Waals surface area contributed by atoms with Crippen molar-refractivity contribution in [1.29, 1.82) is 0 Å². The Labute approximate surface area is 132 Å². The number of rotatable bonds is 7. The Bertz CT molecular complexity index is 636. The summed E-state index contributed by atoms with van der Waals surface area (Å²) in [6.07, 6.45) is 0.848. The molecule has 0 saturated heterocycles. The number of nitro benzene ring substituents is 1. The predicted molar refractivity (Wildman–Crippen MR) is 79.2 cm³/mol. The summed E-state index contributed by atoms with van der Waals surface area (Å²) in [6.45, 7) is 1.56. The molecule has 0 aromatic heterocycles. The summed E-state index contributed by atoms with van der Waals surface area (Å²) in [5.74, 6) is 0. The smallest absolute Gasteiger partial charge is 0.307 e. The lowest BCUT2D eigenvalue weighted by atomic mass is 10.2. The largest absolute Gasteiger partial charge is 0.396 e. The summed E-state index contributed by atoms with van der Waals surface area (Å²) in [6, 6.07) is 1.77. The summed E-state index contributed by atoms with van der Waals surface area (Å²) in [7, 11) is -4.02. The van der Waals surface area contributed by atoms with Gasteiger partial charge in [-0.25, -0.2) is 13.1 Å². The summed E-state index contributed by atoms with van der Waals surface area (Å²) < 4.78 is 26.7. The first kappa shape index (κ1) is 18.1. The van der Waals surface area contributed by atoms with E-state index in [4.69, 9.17) is 28.3 Å². The number of nitrogens with zero attached hydrogens (tertiary/aromatic N) is 1. The van der Waals surface area contributed by atoms with Gasteiger partial charge in [-0.1, -0.05) is 23.2 Å². The van der Waals surface area contributed by atoms with E-state index < -0.39 is 36.6 Å². The molecule has 1 unspecified atom stereocenters. The highest BCUT2D eigenvalue weighted by molar-refractivity contribution is 7.89. The van der Waals surface area contributed by atoms with Crippen LogP contribution < -0.4 is 4.72 Å². The van der Waals surface area contributed by atoms with Crippen LogP contribution in [0.5, 0.6) is 0 Å². The van der Waals surface area contributed by atoms with Crippen LogP contribution in [0.25, 0.3) is 0 Å². The minimum absolute atomic E-state index is 0.0563. The van der Waals surface area contributed by atoms with Gasteiger partial charge in [0, 0.05) is 12.6 Å². The Morgan fingerprint density at radius 2 is 2.05 bits per heavy atom. The molecule has 0 heterocycles. The number of aliphatic hydroxyl groups excluding tert-OH is 1. The maximum Gasteiger partial charge on any atom is 0.307 e. The lowest BCUT2D eigenvalue weighted by molar-refractivity contribution is -0.384. The van der Waals surface area contributed by atoms with Gasteiger partial charge in [-0.15, -0.1) is 0 Å². The predicted octanol–water partition coefficient (Wildman–Crippen LogP) is 2.34. The molecule has 7 nitrogen and oxygen atoms in total. The fourth-order valence-corrected chi connectivity index (χ4v) is 3.85. The number of hydrogen-bond acceptors (Lipinski definition) is 5. The molecule has 1 aromatic carbocycles. The van der Waals surface area contributed by atoms with Crippen LogP contribution in [0.3, 0.4) is 0 Å². The van der Waals surface area contributed by atoms with E-state index in [1.807, 2.05) is 0 Å². The van der Waals surface area contributed by atoms with Crippen LogP contribution in [0.4, 0.5) is 5.69 Å². The van der Waals surface area contributed by atoms with Gasteiger partial charge in [-0.2, -0.15) is 0 Å². The lowest BCUT2D eigenvalue weighted by Gasteiger charge is -2.14. The van der Waals surface area contributed by atoms with Crippen molar-refractivity contribution in [2.45, 2.75) is 30.7 Å². The summed E-state index contributed by atoms with van der Waals surface area (Å²) in [5, 5.41) is 18.8. The molecule has 0 aliphatic rings. The first-order valence-corrected chi connectivity index (χ1v) is 8.20. The van der Waals surface area contributed by atoms with Gasteiger partial charge in [-0.05, 0) is 31.9 Å². The monoisotopic (exact) mass is 356 g/mol. The highest BCUT2D eigenvalue weighted by atomic mass is 35.5. The van der Waals surface area contributed by atoms with Crippen LogP contribution in [0.15, 0.2) is 17.0 Å². The zero-order valence-corrected chi connectivity index (χ0v) is 13.4. The van der Waals surface area contributed by atoms with Crippen LogP contribution >= 0.6 is 23.2 Å². The molecule has 1 atom stereocenters. The molecule has 2 N–H and O–H groups in total. The normalized spacial score (nSPS) is 13.1. The minimum atomic E-state index is -4.02. The first-order valence-electron chi connectivity index (χ1n) is 5.96.